The summed E-state index contributed by atoms with van der Waals surface area (Å²) in [4.78, 5) is 23.0. The van der Waals surface area contributed by atoms with E-state index >= 15 is 0 Å². The highest BCUT2D eigenvalue weighted by atomic mass is 16.5. The fourth-order valence-corrected chi connectivity index (χ4v) is 3.90. The Hall–Kier alpha value is -1.88. The van der Waals surface area contributed by atoms with Crippen molar-refractivity contribution < 1.29 is 23.9 Å². The highest BCUT2D eigenvalue weighted by Crippen LogP contribution is 2.13. The normalized spacial score (nSPS) is 13.3. The zero-order valence-corrected chi connectivity index (χ0v) is 23.1. The van der Waals surface area contributed by atoms with E-state index < -0.39 is 12.1 Å². The molecule has 0 aliphatic carbocycles. The Morgan fingerprint density at radius 1 is 0.743 bits per heavy atom. The molecule has 0 heterocycles. The summed E-state index contributed by atoms with van der Waals surface area (Å²) in [5.41, 5.74) is 0. The number of allylic oxidation sites excluding steroid dienone is 6. The van der Waals surface area contributed by atoms with E-state index in [1.807, 2.05) is 21.1 Å². The van der Waals surface area contributed by atoms with Gasteiger partial charge in [-0.15, -0.1) is 0 Å². The number of likely N-dealkylation sites (N-methyl/N-ethyl adjacent to an activating group) is 1. The second-order valence-corrected chi connectivity index (χ2v) is 10.6. The molecule has 0 aromatic heterocycles. The molecule has 0 N–H and O–H groups in total. The van der Waals surface area contributed by atoms with Gasteiger partial charge >= 0.3 is 5.97 Å². The van der Waals surface area contributed by atoms with Crippen molar-refractivity contribution in [1.29, 1.82) is 0 Å². The van der Waals surface area contributed by atoms with Gasteiger partial charge in [-0.1, -0.05) is 94.7 Å². The highest BCUT2D eigenvalue weighted by Gasteiger charge is 2.22. The van der Waals surface area contributed by atoms with E-state index in [1.54, 1.807) is 0 Å². The molecule has 0 rings (SSSR count). The summed E-state index contributed by atoms with van der Waals surface area (Å²) in [7, 11) is 5.84. The van der Waals surface area contributed by atoms with Gasteiger partial charge < -0.3 is 19.1 Å². The molecule has 0 saturated carbocycles. The summed E-state index contributed by atoms with van der Waals surface area (Å²) >= 11 is 0. The number of carbonyl (C=O) groups excluding carboxylic acids is 2. The molecule has 0 aromatic rings. The van der Waals surface area contributed by atoms with Gasteiger partial charge in [0.1, 0.15) is 6.54 Å². The third-order valence-corrected chi connectivity index (χ3v) is 5.70. The van der Waals surface area contributed by atoms with Crippen LogP contribution >= 0.6 is 0 Å². The van der Waals surface area contributed by atoms with Gasteiger partial charge in [0.15, 0.2) is 6.10 Å². The number of rotatable bonds is 23. The average molecular weight is 492 g/mol. The number of carbonyl (C=O) groups is 2. The number of quaternary nitrogens is 1. The van der Waals surface area contributed by atoms with E-state index in [-0.39, 0.29) is 12.4 Å². The molecule has 0 spiro atoms. The van der Waals surface area contributed by atoms with Gasteiger partial charge in [-0.25, -0.2) is 0 Å². The van der Waals surface area contributed by atoms with Crippen LogP contribution in [0.15, 0.2) is 36.5 Å². The van der Waals surface area contributed by atoms with Crippen LogP contribution in [0.5, 0.6) is 0 Å². The molecular formula is C30H53NO4. The first kappa shape index (κ1) is 33.1. The minimum Gasteiger partial charge on any atom is -0.550 e. The van der Waals surface area contributed by atoms with Crippen molar-refractivity contribution in [3.05, 3.63) is 36.5 Å². The van der Waals surface area contributed by atoms with Crippen LogP contribution in [0.25, 0.3) is 0 Å². The second kappa shape index (κ2) is 22.6. The first-order valence-electron chi connectivity index (χ1n) is 13.9. The number of carboxylic acids is 1. The van der Waals surface area contributed by atoms with Gasteiger partial charge in [-0.2, -0.15) is 0 Å². The van der Waals surface area contributed by atoms with Crippen LogP contribution in [-0.4, -0.2) is 50.2 Å². The van der Waals surface area contributed by atoms with E-state index in [0.29, 0.717) is 17.4 Å². The molecule has 1 unspecified atom stereocenters. The number of carboxylic acid groups (broad SMARTS) is 1. The lowest BCUT2D eigenvalue weighted by atomic mass is 10.1. The lowest BCUT2D eigenvalue weighted by Gasteiger charge is -2.29. The predicted molar refractivity (Wildman–Crippen MR) is 145 cm³/mol. The molecule has 202 valence electrons. The molecule has 0 bridgehead atoms. The second-order valence-electron chi connectivity index (χ2n) is 10.6. The largest absolute Gasteiger partial charge is 0.550 e. The van der Waals surface area contributed by atoms with Crippen molar-refractivity contribution in [2.75, 3.05) is 27.7 Å². The first-order chi connectivity index (χ1) is 16.7. The zero-order chi connectivity index (χ0) is 26.2. The van der Waals surface area contributed by atoms with Gasteiger partial charge in [-0.05, 0) is 38.5 Å². The van der Waals surface area contributed by atoms with Gasteiger partial charge in [0.25, 0.3) is 0 Å². The van der Waals surface area contributed by atoms with E-state index in [2.05, 4.69) is 43.4 Å². The summed E-state index contributed by atoms with van der Waals surface area (Å²) in [6.45, 7) is 2.67. The van der Waals surface area contributed by atoms with Gasteiger partial charge in [0, 0.05) is 18.8 Å². The number of hydrogen-bond acceptors (Lipinski definition) is 4. The van der Waals surface area contributed by atoms with Crippen molar-refractivity contribution in [3.63, 3.8) is 0 Å². The van der Waals surface area contributed by atoms with Crippen molar-refractivity contribution >= 4 is 11.9 Å². The Balaban J connectivity index is 3.58. The molecule has 0 fully saturated rings. The van der Waals surface area contributed by atoms with Gasteiger partial charge in [-0.3, -0.25) is 4.79 Å². The SMILES string of the molecule is CCC/C=C/C/C=C/C/C=C/CCCCCCCCCCCC(=O)OC(CC(=O)[O-])C[N+](C)(C)C. The van der Waals surface area contributed by atoms with Crippen LogP contribution in [0.2, 0.25) is 0 Å². The van der Waals surface area contributed by atoms with Crippen LogP contribution in [0.3, 0.4) is 0 Å². The fraction of sp³-hybridized carbons (Fsp3) is 0.733. The molecule has 0 amide bonds. The Labute approximate surface area is 215 Å². The van der Waals surface area contributed by atoms with Gasteiger partial charge in [0.05, 0.1) is 21.1 Å². The molecule has 5 nitrogen and oxygen atoms in total. The minimum atomic E-state index is -1.18. The van der Waals surface area contributed by atoms with Crippen molar-refractivity contribution in [3.8, 4) is 0 Å². The first-order valence-corrected chi connectivity index (χ1v) is 13.9. The number of nitrogens with zero attached hydrogens (tertiary/aromatic N) is 1. The Morgan fingerprint density at radius 3 is 1.74 bits per heavy atom. The van der Waals surface area contributed by atoms with E-state index in [1.165, 1.54) is 57.8 Å². The van der Waals surface area contributed by atoms with Crippen LogP contribution in [0.4, 0.5) is 0 Å². The number of unbranched alkanes of at least 4 members (excludes halogenated alkanes) is 10. The lowest BCUT2D eigenvalue weighted by molar-refractivity contribution is -0.873. The quantitative estimate of drug-likeness (QED) is 0.0729. The standard InChI is InChI=1S/C30H53NO4/c1-5-6-7-8-9-10-11-12-13-14-15-16-17-18-19-20-21-22-23-24-25-30(34)35-28(26-29(32)33)27-31(2,3)4/h7-8,10-11,13-14,28H,5-6,9,12,15-27H2,1-4H3/b8-7+,11-10+,14-13+. The average Bonchev–Trinajstić information content (AvgIpc) is 2.76. The Morgan fingerprint density at radius 2 is 1.23 bits per heavy atom. The topological polar surface area (TPSA) is 66.4 Å². The molecule has 0 aliphatic heterocycles. The summed E-state index contributed by atoms with van der Waals surface area (Å²) in [6, 6.07) is 0. The number of esters is 1. The molecule has 35 heavy (non-hydrogen) atoms. The van der Waals surface area contributed by atoms with Crippen molar-refractivity contribution in [2.45, 2.75) is 116 Å². The summed E-state index contributed by atoms with van der Waals surface area (Å²) in [5.74, 6) is -1.48. The maximum atomic E-state index is 12.1. The smallest absolute Gasteiger partial charge is 0.306 e. The molecule has 0 saturated heterocycles. The van der Waals surface area contributed by atoms with Crippen LogP contribution < -0.4 is 5.11 Å². The summed E-state index contributed by atoms with van der Waals surface area (Å²) in [6.07, 6.45) is 29.3. The fourth-order valence-electron chi connectivity index (χ4n) is 3.90. The third kappa shape index (κ3) is 26.6. The lowest BCUT2D eigenvalue weighted by Crippen LogP contribution is -2.45. The highest BCUT2D eigenvalue weighted by molar-refractivity contribution is 5.70. The van der Waals surface area contributed by atoms with E-state index in [4.69, 9.17) is 4.74 Å². The number of aliphatic carboxylic acids is 1. The Bertz CT molecular complexity index is 616. The van der Waals surface area contributed by atoms with Crippen LogP contribution in [0.1, 0.15) is 110 Å². The molecule has 0 aromatic carbocycles. The summed E-state index contributed by atoms with van der Waals surface area (Å²) < 4.78 is 5.93. The minimum absolute atomic E-state index is 0.244. The van der Waals surface area contributed by atoms with Crippen molar-refractivity contribution in [2.24, 2.45) is 0 Å². The molecular weight excluding hydrogens is 438 g/mol. The molecule has 1 atom stereocenters. The maximum Gasteiger partial charge on any atom is 0.306 e. The monoisotopic (exact) mass is 491 g/mol. The number of hydrogen-bond donors (Lipinski definition) is 0. The van der Waals surface area contributed by atoms with Crippen LogP contribution in [0, 0.1) is 0 Å². The molecule has 0 radical (unpaired) electrons. The molecule has 0 aliphatic rings. The Kier molecular flexibility index (Phi) is 21.4. The van der Waals surface area contributed by atoms with Crippen molar-refractivity contribution in [1.82, 2.24) is 0 Å². The number of ether oxygens (including phenoxy) is 1. The predicted octanol–water partition coefficient (Wildman–Crippen LogP) is 6.28. The van der Waals surface area contributed by atoms with Crippen LogP contribution in [-0.2, 0) is 14.3 Å². The summed E-state index contributed by atoms with van der Waals surface area (Å²) in [5, 5.41) is 10.9. The van der Waals surface area contributed by atoms with E-state index in [0.717, 1.165) is 32.1 Å². The molecule has 5 heteroatoms. The maximum absolute atomic E-state index is 12.1. The third-order valence-electron chi connectivity index (χ3n) is 5.70. The van der Waals surface area contributed by atoms with E-state index in [9.17, 15) is 14.7 Å². The van der Waals surface area contributed by atoms with Gasteiger partial charge in [0.2, 0.25) is 0 Å². The zero-order valence-electron chi connectivity index (χ0n) is 23.1.